The molecule has 2 bridgehead atoms. The minimum Gasteiger partial charge on any atom is -0.155 e. The summed E-state index contributed by atoms with van der Waals surface area (Å²) in [5.74, 6) is 0.610. The van der Waals surface area contributed by atoms with Crippen LogP contribution in [0.2, 0.25) is 0 Å². The molecular formula is C16H24N2. The van der Waals surface area contributed by atoms with Crippen molar-refractivity contribution in [2.75, 3.05) is 0 Å². The fourth-order valence-corrected chi connectivity index (χ4v) is 3.93. The Balaban J connectivity index is 2.20. The van der Waals surface area contributed by atoms with E-state index in [-0.39, 0.29) is 5.41 Å². The van der Waals surface area contributed by atoms with Gasteiger partial charge < -0.3 is 0 Å². The molecule has 3 rings (SSSR count). The van der Waals surface area contributed by atoms with Crippen LogP contribution in [0.5, 0.6) is 0 Å². The van der Waals surface area contributed by atoms with Gasteiger partial charge in [0.05, 0.1) is 11.4 Å². The normalized spacial score (nSPS) is 32.7. The van der Waals surface area contributed by atoms with E-state index in [0.717, 1.165) is 5.69 Å². The predicted molar refractivity (Wildman–Crippen MR) is 73.8 cm³/mol. The summed E-state index contributed by atoms with van der Waals surface area (Å²) in [6, 6.07) is 2.34. The van der Waals surface area contributed by atoms with Gasteiger partial charge in [-0.05, 0) is 29.9 Å². The molecule has 2 aliphatic rings. The van der Waals surface area contributed by atoms with Crippen molar-refractivity contribution in [3.8, 4) is 0 Å². The molecule has 1 aromatic rings. The molecule has 18 heavy (non-hydrogen) atoms. The van der Waals surface area contributed by atoms with Crippen molar-refractivity contribution in [2.45, 2.75) is 71.1 Å². The van der Waals surface area contributed by atoms with Crippen LogP contribution in [0.15, 0.2) is 6.07 Å². The van der Waals surface area contributed by atoms with E-state index in [0.29, 0.717) is 16.7 Å². The fourth-order valence-electron chi connectivity index (χ4n) is 3.93. The molecule has 0 N–H and O–H groups in total. The number of rotatable bonds is 0. The van der Waals surface area contributed by atoms with Crippen molar-refractivity contribution in [1.82, 2.24) is 10.2 Å². The Morgan fingerprint density at radius 2 is 1.83 bits per heavy atom. The van der Waals surface area contributed by atoms with Crippen LogP contribution in [0.4, 0.5) is 0 Å². The zero-order valence-corrected chi connectivity index (χ0v) is 12.5. The molecule has 0 spiro atoms. The van der Waals surface area contributed by atoms with E-state index < -0.39 is 0 Å². The topological polar surface area (TPSA) is 25.8 Å². The molecular weight excluding hydrogens is 220 g/mol. The van der Waals surface area contributed by atoms with E-state index in [1.807, 2.05) is 0 Å². The van der Waals surface area contributed by atoms with E-state index in [2.05, 4.69) is 57.8 Å². The zero-order chi connectivity index (χ0) is 13.3. The summed E-state index contributed by atoms with van der Waals surface area (Å²) in [4.78, 5) is 0. The first kappa shape index (κ1) is 12.1. The molecule has 1 aromatic heterocycles. The molecule has 2 heteroatoms. The highest BCUT2D eigenvalue weighted by molar-refractivity contribution is 5.46. The van der Waals surface area contributed by atoms with Gasteiger partial charge in [0.1, 0.15) is 0 Å². The van der Waals surface area contributed by atoms with Crippen molar-refractivity contribution in [3.05, 3.63) is 23.0 Å². The smallest absolute Gasteiger partial charge is 0.0705 e. The molecule has 2 nitrogen and oxygen atoms in total. The minimum absolute atomic E-state index is 0.0877. The first-order chi connectivity index (χ1) is 8.18. The summed E-state index contributed by atoms with van der Waals surface area (Å²) >= 11 is 0. The summed E-state index contributed by atoms with van der Waals surface area (Å²) in [7, 11) is 0. The highest BCUT2D eigenvalue weighted by atomic mass is 15.1. The van der Waals surface area contributed by atoms with Crippen LogP contribution < -0.4 is 0 Å². The third-order valence-corrected chi connectivity index (χ3v) is 5.74. The maximum absolute atomic E-state index is 4.60. The number of fused-ring (bicyclic) bond motifs is 5. The van der Waals surface area contributed by atoms with Crippen molar-refractivity contribution in [1.29, 1.82) is 0 Å². The Hall–Kier alpha value is -0.920. The fraction of sp³-hybridized carbons (Fsp3) is 0.750. The maximum atomic E-state index is 4.60. The van der Waals surface area contributed by atoms with Gasteiger partial charge in [0.15, 0.2) is 0 Å². The predicted octanol–water partition coefficient (Wildman–Crippen LogP) is 3.95. The Labute approximate surface area is 110 Å². The summed E-state index contributed by atoms with van der Waals surface area (Å²) in [5.41, 5.74) is 4.60. The average molecular weight is 244 g/mol. The van der Waals surface area contributed by atoms with Crippen LogP contribution in [0.3, 0.4) is 0 Å². The van der Waals surface area contributed by atoms with Gasteiger partial charge in [-0.15, -0.1) is 0 Å². The van der Waals surface area contributed by atoms with Crippen molar-refractivity contribution in [2.24, 2.45) is 5.41 Å². The Morgan fingerprint density at radius 1 is 1.17 bits per heavy atom. The molecule has 0 amide bonds. The van der Waals surface area contributed by atoms with E-state index in [1.54, 1.807) is 0 Å². The summed E-state index contributed by atoms with van der Waals surface area (Å²) in [6.07, 6.45) is 2.58. The van der Waals surface area contributed by atoms with Gasteiger partial charge in [0.25, 0.3) is 0 Å². The zero-order valence-electron chi connectivity index (χ0n) is 12.5. The van der Waals surface area contributed by atoms with Crippen LogP contribution in [0.1, 0.15) is 77.3 Å². The van der Waals surface area contributed by atoms with Crippen LogP contribution in [-0.4, -0.2) is 10.2 Å². The van der Waals surface area contributed by atoms with Crippen molar-refractivity contribution >= 4 is 0 Å². The number of hydrogen-bond donors (Lipinski definition) is 0. The first-order valence-electron chi connectivity index (χ1n) is 7.06. The van der Waals surface area contributed by atoms with E-state index in [1.165, 1.54) is 24.1 Å². The summed E-state index contributed by atoms with van der Waals surface area (Å²) in [5, 5.41) is 9.09. The van der Waals surface area contributed by atoms with Gasteiger partial charge in [0, 0.05) is 16.7 Å². The molecule has 0 aliphatic heterocycles. The van der Waals surface area contributed by atoms with E-state index in [4.69, 9.17) is 0 Å². The first-order valence-corrected chi connectivity index (χ1v) is 7.06. The minimum atomic E-state index is 0.0877. The highest BCUT2D eigenvalue weighted by Gasteiger charge is 2.60. The Bertz CT molecular complexity index is 510. The summed E-state index contributed by atoms with van der Waals surface area (Å²) < 4.78 is 0. The quantitative estimate of drug-likeness (QED) is 0.690. The van der Waals surface area contributed by atoms with Crippen molar-refractivity contribution in [3.63, 3.8) is 0 Å². The third kappa shape index (κ3) is 1.24. The molecule has 98 valence electrons. The number of hydrogen-bond acceptors (Lipinski definition) is 2. The second kappa shape index (κ2) is 3.15. The molecule has 0 aromatic carbocycles. The molecule has 1 fully saturated rings. The van der Waals surface area contributed by atoms with Crippen LogP contribution in [0, 0.1) is 5.41 Å². The second-order valence-electron chi connectivity index (χ2n) is 7.92. The average Bonchev–Trinajstić information content (AvgIpc) is 2.58. The summed E-state index contributed by atoms with van der Waals surface area (Å²) in [6.45, 7) is 13.9. The molecule has 0 radical (unpaired) electrons. The van der Waals surface area contributed by atoms with Crippen LogP contribution >= 0.6 is 0 Å². The van der Waals surface area contributed by atoms with Crippen molar-refractivity contribution < 1.29 is 0 Å². The van der Waals surface area contributed by atoms with Crippen LogP contribution in [-0.2, 0) is 10.8 Å². The maximum Gasteiger partial charge on any atom is 0.0705 e. The van der Waals surface area contributed by atoms with Gasteiger partial charge in [-0.25, -0.2) is 0 Å². The van der Waals surface area contributed by atoms with Gasteiger partial charge in [-0.1, -0.05) is 41.5 Å². The molecule has 1 saturated carbocycles. The van der Waals surface area contributed by atoms with E-state index in [9.17, 15) is 0 Å². The molecule has 0 saturated heterocycles. The monoisotopic (exact) mass is 244 g/mol. The SMILES string of the molecule is CC(C)(C)c1cc2c(nn1)[C@H]1CC[C@]2(C)C1(C)C. The number of nitrogens with zero attached hydrogens (tertiary/aromatic N) is 2. The second-order valence-corrected chi connectivity index (χ2v) is 7.92. The van der Waals surface area contributed by atoms with Crippen LogP contribution in [0.25, 0.3) is 0 Å². The third-order valence-electron chi connectivity index (χ3n) is 5.74. The van der Waals surface area contributed by atoms with E-state index >= 15 is 0 Å². The highest BCUT2D eigenvalue weighted by Crippen LogP contribution is 2.67. The largest absolute Gasteiger partial charge is 0.155 e. The molecule has 1 heterocycles. The lowest BCUT2D eigenvalue weighted by molar-refractivity contribution is 0.230. The molecule has 2 aliphatic carbocycles. The molecule has 2 atom stereocenters. The molecule has 0 unspecified atom stereocenters. The lowest BCUT2D eigenvalue weighted by Crippen LogP contribution is -2.31. The Morgan fingerprint density at radius 3 is 2.44 bits per heavy atom. The van der Waals surface area contributed by atoms with Gasteiger partial charge in [-0.2, -0.15) is 10.2 Å². The standard InChI is InChI=1S/C16H24N2/c1-14(2,3)12-9-11-13(18-17-12)10-7-8-16(11,6)15(10,4)5/h9-10H,7-8H2,1-6H3/t10-,16+/m1/s1. The van der Waals surface area contributed by atoms with Gasteiger partial charge in [0.2, 0.25) is 0 Å². The van der Waals surface area contributed by atoms with Gasteiger partial charge in [-0.3, -0.25) is 0 Å². The lowest BCUT2D eigenvalue weighted by atomic mass is 9.68. The lowest BCUT2D eigenvalue weighted by Gasteiger charge is -2.35. The number of aromatic nitrogens is 2. The van der Waals surface area contributed by atoms with Gasteiger partial charge >= 0.3 is 0 Å². The Kier molecular flexibility index (Phi) is 2.12.